The number of likely N-dealkylation sites (tertiary alicyclic amines) is 1. The SMILES string of the molecule is CC(C)n1cc(-c2ccnc3[nH]c(C4CCN(CC(=O)N(C)C)CC4)cc23)ccc1=O. The van der Waals surface area contributed by atoms with Crippen LogP contribution in [-0.2, 0) is 4.79 Å². The van der Waals surface area contributed by atoms with Crippen LogP contribution in [0.15, 0.2) is 41.5 Å². The Morgan fingerprint density at radius 1 is 1.23 bits per heavy atom. The van der Waals surface area contributed by atoms with E-state index in [2.05, 4.69) is 20.9 Å². The van der Waals surface area contributed by atoms with Crippen molar-refractivity contribution in [3.05, 3.63) is 52.7 Å². The minimum absolute atomic E-state index is 0.0123. The van der Waals surface area contributed by atoms with Gasteiger partial charge >= 0.3 is 0 Å². The predicted molar refractivity (Wildman–Crippen MR) is 123 cm³/mol. The Kier molecular flexibility index (Phi) is 5.96. The Balaban J connectivity index is 1.57. The van der Waals surface area contributed by atoms with Crippen LogP contribution in [0.5, 0.6) is 0 Å². The number of aromatic nitrogens is 3. The first-order chi connectivity index (χ1) is 14.8. The van der Waals surface area contributed by atoms with Crippen LogP contribution in [0.1, 0.15) is 44.3 Å². The normalized spacial score (nSPS) is 15.6. The van der Waals surface area contributed by atoms with Gasteiger partial charge in [0.25, 0.3) is 5.56 Å². The fraction of sp³-hybridized carbons (Fsp3) is 0.458. The number of carbonyl (C=O) groups excluding carboxylic acids is 1. The van der Waals surface area contributed by atoms with Crippen molar-refractivity contribution in [2.45, 2.75) is 38.6 Å². The van der Waals surface area contributed by atoms with Crippen LogP contribution in [0.4, 0.5) is 0 Å². The van der Waals surface area contributed by atoms with Crippen LogP contribution in [0.2, 0.25) is 0 Å². The Labute approximate surface area is 182 Å². The summed E-state index contributed by atoms with van der Waals surface area (Å²) in [6.45, 7) is 6.35. The fourth-order valence-electron chi connectivity index (χ4n) is 4.32. The number of H-pyrrole nitrogens is 1. The molecule has 0 aromatic carbocycles. The second-order valence-corrected chi connectivity index (χ2v) is 8.94. The van der Waals surface area contributed by atoms with E-state index < -0.39 is 0 Å². The number of fused-ring (bicyclic) bond motifs is 1. The number of piperidine rings is 1. The second-order valence-electron chi connectivity index (χ2n) is 8.94. The summed E-state index contributed by atoms with van der Waals surface area (Å²) in [5.41, 5.74) is 4.18. The van der Waals surface area contributed by atoms with Crippen molar-refractivity contribution in [1.82, 2.24) is 24.3 Å². The molecule has 7 heteroatoms. The predicted octanol–water partition coefficient (Wildman–Crippen LogP) is 3.24. The van der Waals surface area contributed by atoms with Crippen LogP contribution in [-0.4, -0.2) is 64.0 Å². The second kappa shape index (κ2) is 8.67. The quantitative estimate of drug-likeness (QED) is 0.686. The van der Waals surface area contributed by atoms with E-state index in [0.29, 0.717) is 12.5 Å². The number of carbonyl (C=O) groups is 1. The monoisotopic (exact) mass is 421 g/mol. The Morgan fingerprint density at radius 2 is 1.97 bits per heavy atom. The minimum atomic E-state index is 0.0123. The summed E-state index contributed by atoms with van der Waals surface area (Å²) >= 11 is 0. The van der Waals surface area contributed by atoms with Gasteiger partial charge in [-0.15, -0.1) is 0 Å². The average Bonchev–Trinajstić information content (AvgIpc) is 3.19. The largest absolute Gasteiger partial charge is 0.348 e. The van der Waals surface area contributed by atoms with Gasteiger partial charge in [-0.1, -0.05) is 0 Å². The molecule has 1 N–H and O–H groups in total. The minimum Gasteiger partial charge on any atom is -0.348 e. The third-order valence-electron chi connectivity index (χ3n) is 6.24. The Bertz CT molecular complexity index is 1140. The van der Waals surface area contributed by atoms with Gasteiger partial charge in [0, 0.05) is 55.6 Å². The maximum Gasteiger partial charge on any atom is 0.250 e. The van der Waals surface area contributed by atoms with Crippen molar-refractivity contribution in [1.29, 1.82) is 0 Å². The lowest BCUT2D eigenvalue weighted by molar-refractivity contribution is -0.130. The number of aromatic amines is 1. The van der Waals surface area contributed by atoms with E-state index in [1.54, 1.807) is 29.6 Å². The molecule has 0 spiro atoms. The molecule has 1 amide bonds. The fourth-order valence-corrected chi connectivity index (χ4v) is 4.32. The summed E-state index contributed by atoms with van der Waals surface area (Å²) in [5.74, 6) is 0.581. The van der Waals surface area contributed by atoms with Crippen molar-refractivity contribution in [3.8, 4) is 11.1 Å². The maximum absolute atomic E-state index is 12.2. The zero-order chi connectivity index (χ0) is 22.1. The zero-order valence-corrected chi connectivity index (χ0v) is 18.8. The highest BCUT2D eigenvalue weighted by Gasteiger charge is 2.24. The Hall–Kier alpha value is -2.93. The first kappa shape index (κ1) is 21.3. The van der Waals surface area contributed by atoms with E-state index >= 15 is 0 Å². The van der Waals surface area contributed by atoms with Gasteiger partial charge in [0.15, 0.2) is 0 Å². The summed E-state index contributed by atoms with van der Waals surface area (Å²) < 4.78 is 1.76. The molecule has 0 radical (unpaired) electrons. The lowest BCUT2D eigenvalue weighted by atomic mass is 9.93. The molecular weight excluding hydrogens is 390 g/mol. The Morgan fingerprint density at radius 3 is 2.65 bits per heavy atom. The standard InChI is InChI=1S/C24H31N5O2/c1-16(2)29-14-18(5-6-22(29)30)19-7-10-25-24-20(19)13-21(26-24)17-8-11-28(12-9-17)15-23(31)27(3)4/h5-7,10,13-14,16-17H,8-9,11-12,15H2,1-4H3,(H,25,26). The van der Waals surface area contributed by atoms with Gasteiger partial charge in [0.1, 0.15) is 5.65 Å². The summed E-state index contributed by atoms with van der Waals surface area (Å²) in [6.07, 6.45) is 5.79. The average molecular weight is 422 g/mol. The lowest BCUT2D eigenvalue weighted by Crippen LogP contribution is -2.40. The molecule has 0 bridgehead atoms. The van der Waals surface area contributed by atoms with Crippen LogP contribution >= 0.6 is 0 Å². The topological polar surface area (TPSA) is 74.2 Å². The van der Waals surface area contributed by atoms with E-state index in [1.807, 2.05) is 38.4 Å². The van der Waals surface area contributed by atoms with Crippen LogP contribution in [0, 0.1) is 0 Å². The molecule has 1 fully saturated rings. The van der Waals surface area contributed by atoms with E-state index in [-0.39, 0.29) is 17.5 Å². The molecule has 3 aromatic rings. The van der Waals surface area contributed by atoms with Gasteiger partial charge < -0.3 is 14.5 Å². The molecule has 7 nitrogen and oxygen atoms in total. The van der Waals surface area contributed by atoms with Crippen LogP contribution < -0.4 is 5.56 Å². The number of amides is 1. The van der Waals surface area contributed by atoms with Crippen molar-refractivity contribution in [3.63, 3.8) is 0 Å². The number of hydrogen-bond acceptors (Lipinski definition) is 4. The number of nitrogens with zero attached hydrogens (tertiary/aromatic N) is 4. The molecule has 0 unspecified atom stereocenters. The molecule has 3 aromatic heterocycles. The van der Waals surface area contributed by atoms with Gasteiger partial charge in [0.05, 0.1) is 6.54 Å². The van der Waals surface area contributed by atoms with Gasteiger partial charge in [-0.2, -0.15) is 0 Å². The van der Waals surface area contributed by atoms with E-state index in [4.69, 9.17) is 0 Å². The highest BCUT2D eigenvalue weighted by molar-refractivity contribution is 5.93. The molecule has 4 rings (SSSR count). The highest BCUT2D eigenvalue weighted by Crippen LogP contribution is 2.33. The molecule has 0 atom stereocenters. The molecule has 1 saturated heterocycles. The summed E-state index contributed by atoms with van der Waals surface area (Å²) in [6, 6.07) is 7.87. The molecule has 0 saturated carbocycles. The molecule has 164 valence electrons. The molecule has 4 heterocycles. The number of hydrogen-bond donors (Lipinski definition) is 1. The summed E-state index contributed by atoms with van der Waals surface area (Å²) in [5, 5.41) is 1.08. The van der Waals surface area contributed by atoms with Gasteiger partial charge in [0.2, 0.25) is 5.91 Å². The maximum atomic E-state index is 12.2. The van der Waals surface area contributed by atoms with Crippen molar-refractivity contribution >= 4 is 16.9 Å². The van der Waals surface area contributed by atoms with Crippen molar-refractivity contribution in [2.75, 3.05) is 33.7 Å². The van der Waals surface area contributed by atoms with Crippen molar-refractivity contribution < 1.29 is 4.79 Å². The third-order valence-corrected chi connectivity index (χ3v) is 6.24. The first-order valence-corrected chi connectivity index (χ1v) is 11.0. The highest BCUT2D eigenvalue weighted by atomic mass is 16.2. The molecule has 1 aliphatic heterocycles. The number of likely N-dealkylation sites (N-methyl/N-ethyl adjacent to an activating group) is 1. The summed E-state index contributed by atoms with van der Waals surface area (Å²) in [4.78, 5) is 36.1. The van der Waals surface area contributed by atoms with Gasteiger partial charge in [-0.05, 0) is 69.1 Å². The number of pyridine rings is 2. The zero-order valence-electron chi connectivity index (χ0n) is 18.8. The third kappa shape index (κ3) is 4.42. The van der Waals surface area contributed by atoms with Crippen LogP contribution in [0.3, 0.4) is 0 Å². The van der Waals surface area contributed by atoms with Gasteiger partial charge in [-0.25, -0.2) is 4.98 Å². The molecule has 0 aliphatic carbocycles. The number of rotatable bonds is 5. The van der Waals surface area contributed by atoms with Crippen LogP contribution in [0.25, 0.3) is 22.2 Å². The van der Waals surface area contributed by atoms with Crippen molar-refractivity contribution in [2.24, 2.45) is 0 Å². The first-order valence-electron chi connectivity index (χ1n) is 11.0. The van der Waals surface area contributed by atoms with E-state index in [1.165, 1.54) is 5.69 Å². The molecule has 1 aliphatic rings. The molecular formula is C24H31N5O2. The number of nitrogens with one attached hydrogen (secondary N) is 1. The lowest BCUT2D eigenvalue weighted by Gasteiger charge is -2.31. The van der Waals surface area contributed by atoms with E-state index in [0.717, 1.165) is 48.1 Å². The van der Waals surface area contributed by atoms with Gasteiger partial charge in [-0.3, -0.25) is 14.5 Å². The molecule has 31 heavy (non-hydrogen) atoms. The van der Waals surface area contributed by atoms with E-state index in [9.17, 15) is 9.59 Å². The summed E-state index contributed by atoms with van der Waals surface area (Å²) in [7, 11) is 3.61. The smallest absolute Gasteiger partial charge is 0.250 e.